The summed E-state index contributed by atoms with van der Waals surface area (Å²) in [5.41, 5.74) is 2.07. The molecule has 1 aromatic carbocycles. The zero-order valence-electron chi connectivity index (χ0n) is 10.9. The van der Waals surface area contributed by atoms with E-state index in [1.807, 2.05) is 18.2 Å². The Hall–Kier alpha value is -1.56. The van der Waals surface area contributed by atoms with Crippen molar-refractivity contribution in [1.82, 2.24) is 20.2 Å². The van der Waals surface area contributed by atoms with Gasteiger partial charge in [-0.25, -0.2) is 0 Å². The molecule has 2 aromatic rings. The van der Waals surface area contributed by atoms with Crippen molar-refractivity contribution < 1.29 is 4.21 Å². The van der Waals surface area contributed by atoms with Crippen molar-refractivity contribution in [2.24, 2.45) is 0 Å². The van der Waals surface area contributed by atoms with Gasteiger partial charge in [-0.2, -0.15) is 4.68 Å². The third-order valence-electron chi connectivity index (χ3n) is 2.65. The van der Waals surface area contributed by atoms with Crippen LogP contribution in [0.3, 0.4) is 0 Å². The number of hydrogen-bond donors (Lipinski definition) is 0. The molecule has 0 N–H and O–H groups in total. The lowest BCUT2D eigenvalue weighted by atomic mass is 9.87. The van der Waals surface area contributed by atoms with Crippen molar-refractivity contribution >= 4 is 10.8 Å². The van der Waals surface area contributed by atoms with E-state index in [1.54, 1.807) is 6.26 Å². The van der Waals surface area contributed by atoms with E-state index in [0.29, 0.717) is 5.16 Å². The fourth-order valence-electron chi connectivity index (χ4n) is 1.62. The second-order valence-electron chi connectivity index (χ2n) is 5.13. The van der Waals surface area contributed by atoms with Crippen LogP contribution in [0.1, 0.15) is 26.3 Å². The normalized spacial score (nSPS) is 13.6. The van der Waals surface area contributed by atoms with Crippen LogP contribution in [-0.2, 0) is 16.2 Å². The van der Waals surface area contributed by atoms with Crippen LogP contribution in [-0.4, -0.2) is 30.7 Å². The molecule has 1 unspecified atom stereocenters. The summed E-state index contributed by atoms with van der Waals surface area (Å²) in [7, 11) is -1.21. The first-order valence-corrected chi connectivity index (χ1v) is 7.18. The molecule has 18 heavy (non-hydrogen) atoms. The Balaban J connectivity index is 2.52. The fraction of sp³-hybridized carbons (Fsp3) is 0.417. The highest BCUT2D eigenvalue weighted by Gasteiger charge is 2.16. The lowest BCUT2D eigenvalue weighted by Gasteiger charge is -2.19. The van der Waals surface area contributed by atoms with Gasteiger partial charge in [0.1, 0.15) is 0 Å². The Bertz CT molecular complexity index is 586. The average molecular weight is 264 g/mol. The van der Waals surface area contributed by atoms with Gasteiger partial charge in [-0.3, -0.25) is 4.21 Å². The van der Waals surface area contributed by atoms with E-state index in [2.05, 4.69) is 42.4 Å². The molecule has 0 spiro atoms. The molecule has 6 heteroatoms. The van der Waals surface area contributed by atoms with Gasteiger partial charge in [-0.1, -0.05) is 38.0 Å². The van der Waals surface area contributed by atoms with Crippen LogP contribution in [0.25, 0.3) is 5.69 Å². The minimum Gasteiger partial charge on any atom is -0.251 e. The average Bonchev–Trinajstić information content (AvgIpc) is 2.77. The SMILES string of the molecule is CS(=O)c1nnnn1-c1cccc(C(C)(C)C)c1. The van der Waals surface area contributed by atoms with Gasteiger partial charge < -0.3 is 0 Å². The molecular formula is C12H16N4OS. The van der Waals surface area contributed by atoms with E-state index < -0.39 is 10.8 Å². The van der Waals surface area contributed by atoms with Gasteiger partial charge in [0.05, 0.1) is 16.5 Å². The summed E-state index contributed by atoms with van der Waals surface area (Å²) in [6.07, 6.45) is 1.57. The molecule has 0 radical (unpaired) electrons. The van der Waals surface area contributed by atoms with Crippen molar-refractivity contribution in [2.75, 3.05) is 6.26 Å². The molecule has 0 bridgehead atoms. The summed E-state index contributed by atoms with van der Waals surface area (Å²) in [6.45, 7) is 6.43. The van der Waals surface area contributed by atoms with Gasteiger partial charge in [0.15, 0.2) is 0 Å². The first-order valence-electron chi connectivity index (χ1n) is 5.62. The quantitative estimate of drug-likeness (QED) is 0.828. The maximum absolute atomic E-state index is 11.5. The molecule has 96 valence electrons. The first kappa shape index (κ1) is 12.9. The number of nitrogens with zero attached hydrogens (tertiary/aromatic N) is 4. The monoisotopic (exact) mass is 264 g/mol. The second kappa shape index (κ2) is 4.61. The van der Waals surface area contributed by atoms with Crippen molar-refractivity contribution in [1.29, 1.82) is 0 Å². The summed E-state index contributed by atoms with van der Waals surface area (Å²) < 4.78 is 13.0. The summed E-state index contributed by atoms with van der Waals surface area (Å²) in [5.74, 6) is 0. The first-order chi connectivity index (χ1) is 8.39. The van der Waals surface area contributed by atoms with Crippen molar-refractivity contribution in [3.05, 3.63) is 29.8 Å². The minimum atomic E-state index is -1.21. The Morgan fingerprint density at radius 2 is 2.00 bits per heavy atom. The number of hydrogen-bond acceptors (Lipinski definition) is 4. The lowest BCUT2D eigenvalue weighted by molar-refractivity contribution is 0.588. The molecular weight excluding hydrogens is 248 g/mol. The van der Waals surface area contributed by atoms with E-state index in [9.17, 15) is 4.21 Å². The molecule has 1 atom stereocenters. The molecule has 0 aliphatic heterocycles. The van der Waals surface area contributed by atoms with Gasteiger partial charge in [0.25, 0.3) is 0 Å². The molecule has 1 aromatic heterocycles. The highest BCUT2D eigenvalue weighted by molar-refractivity contribution is 7.84. The highest BCUT2D eigenvalue weighted by Crippen LogP contribution is 2.24. The predicted molar refractivity (Wildman–Crippen MR) is 70.2 cm³/mol. The summed E-state index contributed by atoms with van der Waals surface area (Å²) in [5, 5.41) is 11.6. The maximum Gasteiger partial charge on any atom is 0.244 e. The molecule has 0 saturated heterocycles. The van der Waals surface area contributed by atoms with Gasteiger partial charge in [-0.15, -0.1) is 0 Å². The van der Waals surface area contributed by atoms with Gasteiger partial charge >= 0.3 is 0 Å². The van der Waals surface area contributed by atoms with Gasteiger partial charge in [0, 0.05) is 6.26 Å². The van der Waals surface area contributed by atoms with Crippen LogP contribution in [0, 0.1) is 0 Å². The fourth-order valence-corrected chi connectivity index (χ4v) is 2.16. The topological polar surface area (TPSA) is 60.7 Å². The van der Waals surface area contributed by atoms with Crippen LogP contribution in [0.15, 0.2) is 29.4 Å². The highest BCUT2D eigenvalue weighted by atomic mass is 32.2. The zero-order chi connectivity index (χ0) is 13.3. The van der Waals surface area contributed by atoms with Crippen LogP contribution >= 0.6 is 0 Å². The van der Waals surface area contributed by atoms with E-state index >= 15 is 0 Å². The molecule has 0 aliphatic rings. The summed E-state index contributed by atoms with van der Waals surface area (Å²) in [4.78, 5) is 0. The van der Waals surface area contributed by atoms with E-state index in [1.165, 1.54) is 10.2 Å². The number of benzene rings is 1. The smallest absolute Gasteiger partial charge is 0.244 e. The van der Waals surface area contributed by atoms with Gasteiger partial charge in [-0.05, 0) is 33.5 Å². The molecule has 0 saturated carbocycles. The molecule has 0 fully saturated rings. The van der Waals surface area contributed by atoms with Crippen LogP contribution in [0.4, 0.5) is 0 Å². The minimum absolute atomic E-state index is 0.0511. The summed E-state index contributed by atoms with van der Waals surface area (Å²) in [6, 6.07) is 7.95. The third kappa shape index (κ3) is 2.48. The zero-order valence-corrected chi connectivity index (χ0v) is 11.7. The maximum atomic E-state index is 11.5. The van der Waals surface area contributed by atoms with Crippen molar-refractivity contribution in [3.63, 3.8) is 0 Å². The van der Waals surface area contributed by atoms with E-state index in [4.69, 9.17) is 0 Å². The predicted octanol–water partition coefficient (Wildman–Crippen LogP) is 1.70. The largest absolute Gasteiger partial charge is 0.251 e. The van der Waals surface area contributed by atoms with Crippen LogP contribution in [0.5, 0.6) is 0 Å². The number of tetrazole rings is 1. The molecule has 0 amide bonds. The third-order valence-corrected chi connectivity index (χ3v) is 3.42. The Kier molecular flexibility index (Phi) is 3.30. The Labute approximate surface area is 109 Å². The molecule has 1 heterocycles. The number of rotatable bonds is 2. The van der Waals surface area contributed by atoms with Crippen molar-refractivity contribution in [2.45, 2.75) is 31.3 Å². The van der Waals surface area contributed by atoms with Crippen LogP contribution < -0.4 is 0 Å². The summed E-state index contributed by atoms with van der Waals surface area (Å²) >= 11 is 0. The van der Waals surface area contributed by atoms with E-state index in [0.717, 1.165) is 5.69 Å². The molecule has 5 nitrogen and oxygen atoms in total. The van der Waals surface area contributed by atoms with Gasteiger partial charge in [0.2, 0.25) is 5.16 Å². The Morgan fingerprint density at radius 3 is 2.61 bits per heavy atom. The van der Waals surface area contributed by atoms with Crippen LogP contribution in [0.2, 0.25) is 0 Å². The Morgan fingerprint density at radius 1 is 1.28 bits per heavy atom. The molecule has 2 rings (SSSR count). The lowest BCUT2D eigenvalue weighted by Crippen LogP contribution is -2.12. The molecule has 0 aliphatic carbocycles. The second-order valence-corrected chi connectivity index (χ2v) is 6.40. The number of aromatic nitrogens is 4. The van der Waals surface area contributed by atoms with E-state index in [-0.39, 0.29) is 5.41 Å². The van der Waals surface area contributed by atoms with Crippen molar-refractivity contribution in [3.8, 4) is 5.69 Å². The standard InChI is InChI=1S/C12H16N4OS/c1-12(2,3)9-6-5-7-10(8-9)16-11(18(4)17)13-14-15-16/h5-8H,1-4H3.